The Hall–Kier alpha value is -3.07. The van der Waals surface area contributed by atoms with Crippen molar-refractivity contribution < 1.29 is 34.4 Å². The number of aliphatic hydroxyl groups excluding tert-OH is 3. The molecule has 0 spiro atoms. The van der Waals surface area contributed by atoms with Crippen LogP contribution in [0.25, 0.3) is 0 Å². The van der Waals surface area contributed by atoms with E-state index in [-0.39, 0.29) is 22.5 Å². The topological polar surface area (TPSA) is 147 Å². The lowest BCUT2D eigenvalue weighted by atomic mass is 9.62. The average molecular weight is 431 g/mol. The second-order valence-corrected chi connectivity index (χ2v) is 7.58. The van der Waals surface area contributed by atoms with E-state index in [4.69, 9.17) is 10.5 Å². The van der Waals surface area contributed by atoms with Gasteiger partial charge in [0.1, 0.15) is 17.3 Å². The van der Waals surface area contributed by atoms with Crippen molar-refractivity contribution in [1.82, 2.24) is 0 Å². The second-order valence-electron chi connectivity index (χ2n) is 7.58. The number of hydrogen-bond donors (Lipinski definition) is 4. The summed E-state index contributed by atoms with van der Waals surface area (Å²) in [4.78, 5) is 40.2. The van der Waals surface area contributed by atoms with E-state index in [1.807, 2.05) is 0 Å². The molecule has 31 heavy (non-hydrogen) atoms. The maximum atomic E-state index is 13.5. The summed E-state index contributed by atoms with van der Waals surface area (Å²) >= 11 is 0. The minimum Gasteiger partial charge on any atom is -0.470 e. The highest BCUT2D eigenvalue weighted by Gasteiger charge is 2.67. The van der Waals surface area contributed by atoms with Crippen molar-refractivity contribution in [1.29, 1.82) is 0 Å². The van der Waals surface area contributed by atoms with Crippen LogP contribution in [0.3, 0.4) is 0 Å². The number of benzene rings is 1. The Morgan fingerprint density at radius 3 is 1.71 bits per heavy atom. The molecule has 8 nitrogen and oxygen atoms in total. The third-order valence-corrected chi connectivity index (χ3v) is 4.97. The van der Waals surface area contributed by atoms with E-state index in [0.717, 1.165) is 0 Å². The number of nitrogen functional groups attached to an aromatic ring is 1. The van der Waals surface area contributed by atoms with E-state index in [0.29, 0.717) is 5.69 Å². The first-order valence-electron chi connectivity index (χ1n) is 9.37. The van der Waals surface area contributed by atoms with Crippen molar-refractivity contribution in [3.8, 4) is 5.75 Å². The first kappa shape index (κ1) is 26.0. The maximum absolute atomic E-state index is 13.5. The molecule has 8 heteroatoms. The SMILES string of the molecule is C=C(C)C(=O)C(Oc1ccc(N)cc1)(C(=O)C(=C)C)C(CO)(CO)C(=O)C(O)C(=C)C. The number of Topliss-reactive ketones (excluding diaryl/α,β-unsaturated/α-hetero) is 3. The van der Waals surface area contributed by atoms with Crippen molar-refractivity contribution >= 4 is 23.0 Å². The molecule has 168 valence electrons. The van der Waals surface area contributed by atoms with Gasteiger partial charge in [0.15, 0.2) is 5.78 Å². The highest BCUT2D eigenvalue weighted by atomic mass is 16.5. The Bertz CT molecular complexity index is 884. The minimum absolute atomic E-state index is 0.0248. The Kier molecular flexibility index (Phi) is 8.23. The molecule has 1 aromatic carbocycles. The van der Waals surface area contributed by atoms with Crippen LogP contribution in [0.15, 0.2) is 60.7 Å². The largest absolute Gasteiger partial charge is 0.470 e. The molecule has 0 bridgehead atoms. The van der Waals surface area contributed by atoms with Gasteiger partial charge in [0, 0.05) is 5.69 Å². The van der Waals surface area contributed by atoms with Gasteiger partial charge in [-0.3, -0.25) is 14.4 Å². The summed E-state index contributed by atoms with van der Waals surface area (Å²) < 4.78 is 5.84. The summed E-state index contributed by atoms with van der Waals surface area (Å²) in [7, 11) is 0. The van der Waals surface area contributed by atoms with Gasteiger partial charge in [-0.05, 0) is 61.8 Å². The smallest absolute Gasteiger partial charge is 0.249 e. The molecular weight excluding hydrogens is 402 g/mol. The fraction of sp³-hybridized carbons (Fsp3) is 0.348. The highest BCUT2D eigenvalue weighted by Crippen LogP contribution is 2.42. The number of nitrogens with two attached hydrogens (primary N) is 1. The molecule has 0 aliphatic rings. The second kappa shape index (κ2) is 9.82. The molecule has 0 radical (unpaired) electrons. The van der Waals surface area contributed by atoms with E-state index in [2.05, 4.69) is 19.7 Å². The Labute approximate surface area is 181 Å². The van der Waals surface area contributed by atoms with Gasteiger partial charge in [0.2, 0.25) is 17.2 Å². The summed E-state index contributed by atoms with van der Waals surface area (Å²) in [5, 5.41) is 31.0. The zero-order chi connectivity index (χ0) is 24.1. The predicted octanol–water partition coefficient (Wildman–Crippen LogP) is 1.15. The predicted molar refractivity (Wildman–Crippen MR) is 116 cm³/mol. The molecule has 0 aliphatic heterocycles. The van der Waals surface area contributed by atoms with Crippen LogP contribution in [0.5, 0.6) is 5.75 Å². The van der Waals surface area contributed by atoms with Crippen molar-refractivity contribution in [3.63, 3.8) is 0 Å². The lowest BCUT2D eigenvalue weighted by molar-refractivity contribution is -0.177. The van der Waals surface area contributed by atoms with E-state index in [1.165, 1.54) is 45.0 Å². The number of carbonyl (C=O) groups is 3. The van der Waals surface area contributed by atoms with Gasteiger partial charge >= 0.3 is 0 Å². The van der Waals surface area contributed by atoms with Gasteiger partial charge in [0.05, 0.1) is 13.2 Å². The molecule has 5 N–H and O–H groups in total. The zero-order valence-electron chi connectivity index (χ0n) is 18.0. The van der Waals surface area contributed by atoms with Crippen LogP contribution >= 0.6 is 0 Å². The summed E-state index contributed by atoms with van der Waals surface area (Å²) in [6, 6.07) is 5.56. The van der Waals surface area contributed by atoms with Crippen LogP contribution in [0.1, 0.15) is 20.8 Å². The first-order chi connectivity index (χ1) is 14.3. The molecule has 0 fully saturated rings. The number of hydrogen-bond acceptors (Lipinski definition) is 8. The van der Waals surface area contributed by atoms with Gasteiger partial charge in [-0.1, -0.05) is 19.7 Å². The fourth-order valence-electron chi connectivity index (χ4n) is 3.13. The molecule has 0 heterocycles. The van der Waals surface area contributed by atoms with E-state index < -0.39 is 47.7 Å². The highest BCUT2D eigenvalue weighted by molar-refractivity contribution is 6.25. The van der Waals surface area contributed by atoms with E-state index >= 15 is 0 Å². The van der Waals surface area contributed by atoms with Crippen LogP contribution in [0, 0.1) is 5.41 Å². The Morgan fingerprint density at radius 1 is 0.968 bits per heavy atom. The van der Waals surface area contributed by atoms with Gasteiger partial charge in [-0.2, -0.15) is 0 Å². The molecule has 1 atom stereocenters. The van der Waals surface area contributed by atoms with Crippen molar-refractivity contribution in [3.05, 3.63) is 60.7 Å². The summed E-state index contributed by atoms with van der Waals surface area (Å²) in [6.45, 7) is 12.1. The zero-order valence-corrected chi connectivity index (χ0v) is 18.0. The average Bonchev–Trinajstić information content (AvgIpc) is 2.73. The Morgan fingerprint density at radius 2 is 1.39 bits per heavy atom. The van der Waals surface area contributed by atoms with Gasteiger partial charge in [-0.25, -0.2) is 0 Å². The number of anilines is 1. The van der Waals surface area contributed by atoms with Crippen LogP contribution in [-0.2, 0) is 14.4 Å². The van der Waals surface area contributed by atoms with Crippen molar-refractivity contribution in [2.45, 2.75) is 32.5 Å². The third kappa shape index (κ3) is 4.51. The lowest BCUT2D eigenvalue weighted by Gasteiger charge is -2.45. The molecule has 0 saturated heterocycles. The molecule has 1 rings (SSSR count). The number of ether oxygens (including phenoxy) is 1. The van der Waals surface area contributed by atoms with E-state index in [9.17, 15) is 29.7 Å². The van der Waals surface area contributed by atoms with Crippen LogP contribution in [0.2, 0.25) is 0 Å². The molecule has 0 saturated carbocycles. The van der Waals surface area contributed by atoms with Gasteiger partial charge in [-0.15, -0.1) is 0 Å². The monoisotopic (exact) mass is 431 g/mol. The van der Waals surface area contributed by atoms with Gasteiger partial charge in [0.25, 0.3) is 0 Å². The van der Waals surface area contributed by atoms with E-state index in [1.54, 1.807) is 0 Å². The minimum atomic E-state index is -2.81. The number of ketones is 3. The summed E-state index contributed by atoms with van der Waals surface area (Å²) in [6.07, 6.45) is -1.90. The standard InChI is InChI=1S/C23H29NO7/c1-13(2)18(27)21(30)22(11-25,12-26)23(19(28)14(3)4,20(29)15(5)6)31-17-9-7-16(24)8-10-17/h7-10,18,25-27H,1,3,5,11-12,24H2,2,4,6H3. The third-order valence-electron chi connectivity index (χ3n) is 4.97. The number of carbonyl (C=O) groups excluding carboxylic acids is 3. The van der Waals surface area contributed by atoms with Crippen LogP contribution in [0.4, 0.5) is 5.69 Å². The number of rotatable bonds is 12. The van der Waals surface area contributed by atoms with Crippen molar-refractivity contribution in [2.75, 3.05) is 18.9 Å². The quantitative estimate of drug-likeness (QED) is 0.167. The molecule has 1 aromatic rings. The molecule has 0 aliphatic carbocycles. The van der Waals surface area contributed by atoms with Gasteiger partial charge < -0.3 is 25.8 Å². The number of aliphatic hydroxyl groups is 3. The molecular formula is C23H29NO7. The fourth-order valence-corrected chi connectivity index (χ4v) is 3.13. The lowest BCUT2D eigenvalue weighted by Crippen LogP contribution is -2.71. The molecule has 0 aromatic heterocycles. The Balaban J connectivity index is 4.07. The molecule has 0 amide bonds. The van der Waals surface area contributed by atoms with Crippen LogP contribution in [-0.4, -0.2) is 57.6 Å². The normalized spacial score (nSPS) is 12.6. The van der Waals surface area contributed by atoms with Crippen molar-refractivity contribution in [2.24, 2.45) is 5.41 Å². The molecule has 1 unspecified atom stereocenters. The first-order valence-corrected chi connectivity index (χ1v) is 9.37. The maximum Gasteiger partial charge on any atom is 0.249 e. The summed E-state index contributed by atoms with van der Waals surface area (Å²) in [5.41, 5.74) is 0.229. The summed E-state index contributed by atoms with van der Waals surface area (Å²) in [5.74, 6) is -3.41. The van der Waals surface area contributed by atoms with Crippen LogP contribution < -0.4 is 10.5 Å².